The molecule has 1 unspecified atom stereocenters. The van der Waals surface area contributed by atoms with Gasteiger partial charge in [-0.25, -0.2) is 18.5 Å². The van der Waals surface area contributed by atoms with Gasteiger partial charge in [-0.3, -0.25) is 14.7 Å². The number of aromatic nitrogens is 2. The first kappa shape index (κ1) is 20.5. The Morgan fingerprint density at radius 3 is 2.77 bits per heavy atom. The zero-order chi connectivity index (χ0) is 21.5. The van der Waals surface area contributed by atoms with Crippen molar-refractivity contribution in [2.24, 2.45) is 5.14 Å². The van der Waals surface area contributed by atoms with Gasteiger partial charge in [0.15, 0.2) is 15.4 Å². The van der Waals surface area contributed by atoms with E-state index in [-0.39, 0.29) is 20.9 Å². The van der Waals surface area contributed by atoms with E-state index in [1.54, 1.807) is 20.2 Å². The second-order valence-electron chi connectivity index (χ2n) is 6.99. The van der Waals surface area contributed by atoms with Crippen molar-refractivity contribution >= 4 is 32.4 Å². The molecule has 3 aromatic rings. The Morgan fingerprint density at radius 2 is 2.10 bits per heavy atom. The number of ether oxygens (including phenoxy) is 1. The van der Waals surface area contributed by atoms with Crippen LogP contribution in [0.2, 0.25) is 0 Å². The van der Waals surface area contributed by atoms with E-state index >= 15 is 0 Å². The van der Waals surface area contributed by atoms with Crippen LogP contribution in [0.3, 0.4) is 0 Å². The third-order valence-electron chi connectivity index (χ3n) is 4.86. The molecule has 0 aliphatic carbocycles. The highest BCUT2D eigenvalue weighted by atomic mass is 32.2. The van der Waals surface area contributed by atoms with Crippen molar-refractivity contribution in [2.45, 2.75) is 30.1 Å². The minimum Gasteiger partial charge on any atom is -0.480 e. The van der Waals surface area contributed by atoms with Crippen LogP contribution in [0.1, 0.15) is 17.7 Å². The number of fused-ring (bicyclic) bond motifs is 1. The average molecular weight is 445 g/mol. The number of nitrogens with zero attached hydrogens (tertiary/aromatic N) is 3. The Labute approximate surface area is 178 Å². The summed E-state index contributed by atoms with van der Waals surface area (Å²) in [4.78, 5) is 22.8. The molecule has 1 amide bonds. The van der Waals surface area contributed by atoms with E-state index in [0.717, 1.165) is 28.2 Å². The molecule has 2 aromatic heterocycles. The zero-order valence-electron chi connectivity index (χ0n) is 16.4. The van der Waals surface area contributed by atoms with Crippen molar-refractivity contribution in [3.8, 4) is 17.0 Å². The van der Waals surface area contributed by atoms with E-state index in [9.17, 15) is 13.2 Å². The third kappa shape index (κ3) is 3.93. The van der Waals surface area contributed by atoms with E-state index in [4.69, 9.17) is 9.88 Å². The monoisotopic (exact) mass is 444 g/mol. The molecule has 0 saturated carbocycles. The molecule has 0 radical (unpaired) electrons. The lowest BCUT2D eigenvalue weighted by molar-refractivity contribution is -0.125. The third-order valence-corrected chi connectivity index (χ3v) is 7.65. The predicted molar refractivity (Wildman–Crippen MR) is 114 cm³/mol. The number of carbonyl (C=O) groups is 1. The summed E-state index contributed by atoms with van der Waals surface area (Å²) in [5.41, 5.74) is 3.16. The Morgan fingerprint density at radius 1 is 1.30 bits per heavy atom. The Balaban J connectivity index is 1.52. The van der Waals surface area contributed by atoms with Gasteiger partial charge in [-0.2, -0.15) is 0 Å². The van der Waals surface area contributed by atoms with Crippen molar-refractivity contribution in [1.29, 1.82) is 0 Å². The van der Waals surface area contributed by atoms with Gasteiger partial charge in [0.05, 0.1) is 11.4 Å². The van der Waals surface area contributed by atoms with E-state index in [0.29, 0.717) is 18.6 Å². The topological polar surface area (TPSA) is 115 Å². The van der Waals surface area contributed by atoms with Crippen LogP contribution in [-0.4, -0.2) is 37.4 Å². The number of hydrogen-bond acceptors (Lipinski definition) is 7. The van der Waals surface area contributed by atoms with Crippen LogP contribution in [-0.2, 0) is 21.2 Å². The molecule has 3 heterocycles. The van der Waals surface area contributed by atoms with E-state index in [1.165, 1.54) is 4.90 Å². The number of carbonyl (C=O) groups excluding carboxylic acids is 1. The smallest absolute Gasteiger partial charge is 0.269 e. The summed E-state index contributed by atoms with van der Waals surface area (Å²) < 4.78 is 29.2. The number of rotatable bonds is 4. The summed E-state index contributed by atoms with van der Waals surface area (Å²) in [6.45, 7) is 1.55. The van der Waals surface area contributed by atoms with Gasteiger partial charge in [0.2, 0.25) is 10.0 Å². The van der Waals surface area contributed by atoms with Gasteiger partial charge >= 0.3 is 0 Å². The van der Waals surface area contributed by atoms with Crippen LogP contribution in [0, 0.1) is 6.92 Å². The number of sulfonamides is 1. The summed E-state index contributed by atoms with van der Waals surface area (Å²) in [6, 6.07) is 11.5. The number of pyridine rings is 1. The molecular weight excluding hydrogens is 424 g/mol. The predicted octanol–water partition coefficient (Wildman–Crippen LogP) is 2.52. The van der Waals surface area contributed by atoms with Crippen molar-refractivity contribution in [3.05, 3.63) is 53.9 Å². The zero-order valence-corrected chi connectivity index (χ0v) is 18.0. The van der Waals surface area contributed by atoms with Crippen LogP contribution < -0.4 is 14.8 Å². The molecule has 8 nitrogen and oxygen atoms in total. The lowest BCUT2D eigenvalue weighted by Crippen LogP contribution is -2.41. The van der Waals surface area contributed by atoms with Crippen molar-refractivity contribution < 1.29 is 17.9 Å². The molecule has 1 aliphatic rings. The molecule has 1 aliphatic heterocycles. The minimum atomic E-state index is -3.88. The first-order chi connectivity index (χ1) is 14.2. The second kappa shape index (κ2) is 7.78. The molecule has 0 bridgehead atoms. The fraction of sp³-hybridized carbons (Fsp3) is 0.250. The quantitative estimate of drug-likeness (QED) is 0.661. The first-order valence-corrected chi connectivity index (χ1v) is 11.6. The second-order valence-corrected chi connectivity index (χ2v) is 9.73. The number of amides is 1. The number of primary sulfonamides is 1. The van der Waals surface area contributed by atoms with Crippen molar-refractivity contribution in [1.82, 2.24) is 9.97 Å². The van der Waals surface area contributed by atoms with Gasteiger partial charge in [0, 0.05) is 18.8 Å². The highest BCUT2D eigenvalue weighted by Gasteiger charge is 2.31. The van der Waals surface area contributed by atoms with Gasteiger partial charge in [0.1, 0.15) is 5.75 Å². The maximum absolute atomic E-state index is 12.9. The Bertz CT molecular complexity index is 1210. The lowest BCUT2D eigenvalue weighted by atomic mass is 9.98. The maximum atomic E-state index is 12.9. The molecule has 0 spiro atoms. The van der Waals surface area contributed by atoms with Gasteiger partial charge in [-0.1, -0.05) is 17.4 Å². The van der Waals surface area contributed by atoms with E-state index < -0.39 is 16.1 Å². The van der Waals surface area contributed by atoms with E-state index in [2.05, 4.69) is 9.97 Å². The Kier molecular flexibility index (Phi) is 5.31. The molecule has 30 heavy (non-hydrogen) atoms. The SMILES string of the molecule is Cc1nc(N(C)C(=O)C2CCc3cc(-c4ccccn4)ccc3O2)sc1S(N)(=O)=O. The number of nitrogens with two attached hydrogens (primary N) is 1. The summed E-state index contributed by atoms with van der Waals surface area (Å²) >= 11 is 0.871. The fourth-order valence-electron chi connectivity index (χ4n) is 3.34. The number of likely N-dealkylation sites (N-methyl/N-ethyl adjacent to an activating group) is 1. The van der Waals surface area contributed by atoms with Crippen molar-refractivity contribution in [2.75, 3.05) is 11.9 Å². The molecule has 1 atom stereocenters. The number of hydrogen-bond donors (Lipinski definition) is 1. The Hall–Kier alpha value is -2.82. The normalized spacial score (nSPS) is 15.9. The molecule has 156 valence electrons. The summed E-state index contributed by atoms with van der Waals surface area (Å²) in [5, 5.41) is 5.47. The van der Waals surface area contributed by atoms with Gasteiger partial charge in [0.25, 0.3) is 5.91 Å². The maximum Gasteiger partial charge on any atom is 0.269 e. The van der Waals surface area contributed by atoms with Crippen LogP contribution in [0.15, 0.2) is 46.8 Å². The molecular formula is C20H20N4O4S2. The molecule has 0 saturated heterocycles. The number of anilines is 1. The van der Waals surface area contributed by atoms with Gasteiger partial charge in [-0.05, 0) is 55.7 Å². The first-order valence-electron chi connectivity index (χ1n) is 9.23. The highest BCUT2D eigenvalue weighted by Crippen LogP contribution is 2.33. The average Bonchev–Trinajstić information content (AvgIpc) is 3.14. The molecule has 0 fully saturated rings. The van der Waals surface area contributed by atoms with Crippen molar-refractivity contribution in [3.63, 3.8) is 0 Å². The van der Waals surface area contributed by atoms with Crippen LogP contribution >= 0.6 is 11.3 Å². The van der Waals surface area contributed by atoms with E-state index in [1.807, 2.05) is 36.4 Å². The van der Waals surface area contributed by atoms with Crippen LogP contribution in [0.4, 0.5) is 5.13 Å². The summed E-state index contributed by atoms with van der Waals surface area (Å²) in [6.07, 6.45) is 2.26. The molecule has 1 aromatic carbocycles. The molecule has 10 heteroatoms. The highest BCUT2D eigenvalue weighted by molar-refractivity contribution is 7.91. The minimum absolute atomic E-state index is 0.0471. The number of aryl methyl sites for hydroxylation is 2. The summed E-state index contributed by atoms with van der Waals surface area (Å²) in [5.74, 6) is 0.373. The number of benzene rings is 1. The van der Waals surface area contributed by atoms with Gasteiger partial charge in [-0.15, -0.1) is 0 Å². The largest absolute Gasteiger partial charge is 0.480 e. The lowest BCUT2D eigenvalue weighted by Gasteiger charge is -2.28. The fourth-order valence-corrected chi connectivity index (χ4v) is 5.26. The van der Waals surface area contributed by atoms with Crippen LogP contribution in [0.5, 0.6) is 5.75 Å². The number of thiazole rings is 1. The summed E-state index contributed by atoms with van der Waals surface area (Å²) in [7, 11) is -2.33. The standard InChI is InChI=1S/C20H20N4O4S2/c1-12-19(30(21,26)27)29-20(23-12)24(2)18(25)17-9-7-14-11-13(6-8-16(14)28-17)15-5-3-4-10-22-15/h3-6,8,10-11,17H,7,9H2,1-2H3,(H2,21,26,27). The van der Waals surface area contributed by atoms with Crippen LogP contribution in [0.25, 0.3) is 11.3 Å². The molecule has 2 N–H and O–H groups in total. The molecule has 4 rings (SSSR count). The van der Waals surface area contributed by atoms with Gasteiger partial charge < -0.3 is 4.74 Å².